The van der Waals surface area contributed by atoms with Crippen LogP contribution in [0.3, 0.4) is 0 Å². The molecule has 0 aliphatic rings. The Morgan fingerprint density at radius 2 is 1.56 bits per heavy atom. The Kier molecular flexibility index (Phi) is 5.26. The van der Waals surface area contributed by atoms with Crippen LogP contribution in [0, 0.1) is 6.92 Å². The monoisotopic (exact) mass is 374 g/mol. The topological polar surface area (TPSA) is 59.1 Å². The van der Waals surface area contributed by atoms with Crippen LogP contribution in [0.25, 0.3) is 0 Å². The fraction of sp³-hybridized carbons (Fsp3) is 0.111. The second-order valence-corrected chi connectivity index (χ2v) is 6.13. The van der Waals surface area contributed by atoms with Gasteiger partial charge in [-0.2, -0.15) is 0 Å². The number of rotatable bonds is 5. The second-order valence-electron chi connectivity index (χ2n) is 5.29. The molecule has 0 unspecified atom stereocenters. The fourth-order valence-corrected chi connectivity index (χ4v) is 2.70. The Bertz CT molecular complexity index is 885. The van der Waals surface area contributed by atoms with Gasteiger partial charge in [-0.25, -0.2) is 9.97 Å². The number of benzene rings is 2. The summed E-state index contributed by atoms with van der Waals surface area (Å²) in [5.74, 6) is 2.73. The number of hydrogen-bond acceptors (Lipinski definition) is 5. The van der Waals surface area contributed by atoms with Gasteiger partial charge in [0, 0.05) is 16.8 Å². The van der Waals surface area contributed by atoms with Gasteiger partial charge in [-0.05, 0) is 49.4 Å². The largest absolute Gasteiger partial charge is 0.497 e. The quantitative estimate of drug-likeness (QED) is 0.609. The van der Waals surface area contributed by atoms with Gasteiger partial charge in [0.1, 0.15) is 23.2 Å². The molecular formula is C18H16Cl2N4O. The molecule has 0 atom stereocenters. The van der Waals surface area contributed by atoms with Crippen LogP contribution in [0.5, 0.6) is 5.75 Å². The first-order chi connectivity index (χ1) is 12.0. The van der Waals surface area contributed by atoms with Crippen LogP contribution < -0.4 is 15.4 Å². The summed E-state index contributed by atoms with van der Waals surface area (Å²) < 4.78 is 5.16. The van der Waals surface area contributed by atoms with E-state index in [2.05, 4.69) is 20.6 Å². The lowest BCUT2D eigenvalue weighted by Crippen LogP contribution is -2.01. The molecule has 0 aliphatic carbocycles. The van der Waals surface area contributed by atoms with Crippen LogP contribution >= 0.6 is 23.2 Å². The highest BCUT2D eigenvalue weighted by Crippen LogP contribution is 2.28. The molecule has 3 rings (SSSR count). The highest BCUT2D eigenvalue weighted by atomic mass is 35.5. The molecule has 2 aromatic carbocycles. The smallest absolute Gasteiger partial charge is 0.136 e. The molecule has 5 nitrogen and oxygen atoms in total. The lowest BCUT2D eigenvalue weighted by atomic mass is 10.3. The summed E-state index contributed by atoms with van der Waals surface area (Å²) in [5, 5.41) is 7.53. The van der Waals surface area contributed by atoms with E-state index >= 15 is 0 Å². The fourth-order valence-electron chi connectivity index (χ4n) is 2.25. The second kappa shape index (κ2) is 7.59. The SMILES string of the molecule is COc1ccc(Nc2cc(Nc3ccc(Cl)cc3Cl)nc(C)n2)cc1. The number of nitrogens with one attached hydrogen (secondary N) is 2. The van der Waals surface area contributed by atoms with Gasteiger partial charge in [-0.3, -0.25) is 0 Å². The summed E-state index contributed by atoms with van der Waals surface area (Å²) in [4.78, 5) is 8.79. The molecule has 1 aromatic heterocycles. The molecule has 0 saturated heterocycles. The number of nitrogens with zero attached hydrogens (tertiary/aromatic N) is 2. The summed E-state index contributed by atoms with van der Waals surface area (Å²) in [6.07, 6.45) is 0. The first-order valence-electron chi connectivity index (χ1n) is 7.52. The summed E-state index contributed by atoms with van der Waals surface area (Å²) in [5.41, 5.74) is 1.62. The van der Waals surface area contributed by atoms with E-state index < -0.39 is 0 Å². The summed E-state index contributed by atoms with van der Waals surface area (Å²) >= 11 is 12.1. The Balaban J connectivity index is 1.82. The van der Waals surface area contributed by atoms with Crippen molar-refractivity contribution in [1.29, 1.82) is 0 Å². The van der Waals surface area contributed by atoms with Crippen molar-refractivity contribution in [2.75, 3.05) is 17.7 Å². The summed E-state index contributed by atoms with van der Waals surface area (Å²) in [6, 6.07) is 14.6. The van der Waals surface area contributed by atoms with Gasteiger partial charge >= 0.3 is 0 Å². The van der Waals surface area contributed by atoms with Gasteiger partial charge in [0.15, 0.2) is 0 Å². The maximum atomic E-state index is 6.20. The van der Waals surface area contributed by atoms with E-state index in [1.807, 2.05) is 37.3 Å². The van der Waals surface area contributed by atoms with Crippen LogP contribution in [0.1, 0.15) is 5.82 Å². The van der Waals surface area contributed by atoms with E-state index in [1.165, 1.54) is 0 Å². The number of aromatic nitrogens is 2. The van der Waals surface area contributed by atoms with Crippen molar-refractivity contribution in [2.45, 2.75) is 6.92 Å². The lowest BCUT2D eigenvalue weighted by molar-refractivity contribution is 0.415. The number of methoxy groups -OCH3 is 1. The van der Waals surface area contributed by atoms with Crippen LogP contribution in [-0.2, 0) is 0 Å². The third kappa shape index (κ3) is 4.53. The van der Waals surface area contributed by atoms with E-state index in [1.54, 1.807) is 25.3 Å². The Hall–Kier alpha value is -2.50. The molecule has 128 valence electrons. The van der Waals surface area contributed by atoms with Crippen LogP contribution in [0.15, 0.2) is 48.5 Å². The van der Waals surface area contributed by atoms with E-state index in [4.69, 9.17) is 27.9 Å². The maximum Gasteiger partial charge on any atom is 0.136 e. The minimum Gasteiger partial charge on any atom is -0.497 e. The minimum absolute atomic E-state index is 0.522. The molecular weight excluding hydrogens is 359 g/mol. The average molecular weight is 375 g/mol. The molecule has 0 saturated carbocycles. The van der Waals surface area contributed by atoms with E-state index in [-0.39, 0.29) is 0 Å². The highest BCUT2D eigenvalue weighted by molar-refractivity contribution is 6.36. The molecule has 1 heterocycles. The van der Waals surface area contributed by atoms with Gasteiger partial charge in [0.2, 0.25) is 0 Å². The molecule has 3 aromatic rings. The average Bonchev–Trinajstić information content (AvgIpc) is 2.58. The zero-order chi connectivity index (χ0) is 17.8. The number of hydrogen-bond donors (Lipinski definition) is 2. The van der Waals surface area contributed by atoms with Crippen LogP contribution in [0.2, 0.25) is 10.0 Å². The molecule has 0 bridgehead atoms. The molecule has 0 radical (unpaired) electrons. The van der Waals surface area contributed by atoms with Crippen molar-refractivity contribution in [2.24, 2.45) is 0 Å². The highest BCUT2D eigenvalue weighted by Gasteiger charge is 2.06. The standard InChI is InChI=1S/C18H16Cl2N4O/c1-11-21-17(23-13-4-6-14(25-2)7-5-13)10-18(22-11)24-16-8-3-12(19)9-15(16)20/h3-10H,1-2H3,(H2,21,22,23,24). The van der Waals surface area contributed by atoms with Crippen molar-refractivity contribution >= 4 is 46.2 Å². The van der Waals surface area contributed by atoms with E-state index in [0.29, 0.717) is 27.5 Å². The molecule has 0 fully saturated rings. The van der Waals surface area contributed by atoms with Gasteiger partial charge in [-0.15, -0.1) is 0 Å². The molecule has 0 amide bonds. The number of anilines is 4. The van der Waals surface area contributed by atoms with Gasteiger partial charge in [0.05, 0.1) is 17.8 Å². The Morgan fingerprint density at radius 3 is 2.20 bits per heavy atom. The third-order valence-electron chi connectivity index (χ3n) is 3.39. The lowest BCUT2D eigenvalue weighted by Gasteiger charge is -2.11. The summed E-state index contributed by atoms with van der Waals surface area (Å²) in [7, 11) is 1.63. The number of ether oxygens (including phenoxy) is 1. The van der Waals surface area contributed by atoms with Crippen molar-refractivity contribution in [1.82, 2.24) is 9.97 Å². The van der Waals surface area contributed by atoms with Crippen molar-refractivity contribution in [3.63, 3.8) is 0 Å². The maximum absolute atomic E-state index is 6.20. The first-order valence-corrected chi connectivity index (χ1v) is 8.28. The zero-order valence-corrected chi connectivity index (χ0v) is 15.2. The van der Waals surface area contributed by atoms with Gasteiger partial charge in [-0.1, -0.05) is 23.2 Å². The predicted molar refractivity (Wildman–Crippen MR) is 103 cm³/mol. The van der Waals surface area contributed by atoms with E-state index in [0.717, 1.165) is 17.1 Å². The van der Waals surface area contributed by atoms with E-state index in [9.17, 15) is 0 Å². The molecule has 25 heavy (non-hydrogen) atoms. The van der Waals surface area contributed by atoms with Crippen LogP contribution in [0.4, 0.5) is 23.0 Å². The molecule has 2 N–H and O–H groups in total. The third-order valence-corrected chi connectivity index (χ3v) is 3.94. The predicted octanol–water partition coefficient (Wildman–Crippen LogP) is 5.59. The van der Waals surface area contributed by atoms with Crippen molar-refractivity contribution in [3.05, 3.63) is 64.4 Å². The Labute approximate surface area is 156 Å². The number of aryl methyl sites for hydroxylation is 1. The van der Waals surface area contributed by atoms with Crippen molar-refractivity contribution < 1.29 is 4.74 Å². The first kappa shape index (κ1) is 17.3. The van der Waals surface area contributed by atoms with Crippen LogP contribution in [-0.4, -0.2) is 17.1 Å². The molecule has 0 aliphatic heterocycles. The van der Waals surface area contributed by atoms with Crippen molar-refractivity contribution in [3.8, 4) is 5.75 Å². The molecule has 0 spiro atoms. The normalized spacial score (nSPS) is 10.4. The molecule has 7 heteroatoms. The zero-order valence-electron chi connectivity index (χ0n) is 13.7. The Morgan fingerprint density at radius 1 is 0.880 bits per heavy atom. The van der Waals surface area contributed by atoms with Gasteiger partial charge in [0.25, 0.3) is 0 Å². The minimum atomic E-state index is 0.522. The summed E-state index contributed by atoms with van der Waals surface area (Å²) in [6.45, 7) is 1.83. The van der Waals surface area contributed by atoms with Gasteiger partial charge < -0.3 is 15.4 Å². The number of halogens is 2.